The Hall–Kier alpha value is -2.26. The zero-order valence-electron chi connectivity index (χ0n) is 10.9. The molecule has 1 aliphatic carbocycles. The normalized spacial score (nSPS) is 16.9. The quantitative estimate of drug-likeness (QED) is 0.636. The van der Waals surface area contributed by atoms with E-state index in [0.29, 0.717) is 5.69 Å². The zero-order chi connectivity index (χ0) is 14.0. The molecule has 3 rings (SSSR count). The Labute approximate surface area is 116 Å². The first-order valence-electron chi connectivity index (χ1n) is 6.64. The molecule has 0 bridgehead atoms. The molecule has 1 fully saturated rings. The molecule has 1 aromatic carbocycles. The number of aliphatic imine (C=N–C) groups is 1. The third-order valence-electron chi connectivity index (χ3n) is 3.93. The van der Waals surface area contributed by atoms with Crippen molar-refractivity contribution in [1.29, 1.82) is 0 Å². The molecule has 0 radical (unpaired) electrons. The molecule has 5 heteroatoms. The van der Waals surface area contributed by atoms with Crippen LogP contribution in [0, 0.1) is 5.82 Å². The van der Waals surface area contributed by atoms with Crippen LogP contribution < -0.4 is 0 Å². The van der Waals surface area contributed by atoms with Gasteiger partial charge in [-0.25, -0.2) is 13.9 Å². The molecular weight excluding hydrogens is 257 g/mol. The molecule has 0 N–H and O–H groups in total. The Morgan fingerprint density at radius 2 is 2.15 bits per heavy atom. The molecule has 102 valence electrons. The second-order valence-corrected chi connectivity index (χ2v) is 5.06. The van der Waals surface area contributed by atoms with E-state index < -0.39 is 5.54 Å². The highest BCUT2D eigenvalue weighted by atomic mass is 19.1. The second-order valence-electron chi connectivity index (χ2n) is 5.06. The highest BCUT2D eigenvalue weighted by Gasteiger charge is 2.36. The summed E-state index contributed by atoms with van der Waals surface area (Å²) >= 11 is 0. The van der Waals surface area contributed by atoms with Crippen molar-refractivity contribution < 1.29 is 9.18 Å². The summed E-state index contributed by atoms with van der Waals surface area (Å²) in [7, 11) is 0. The molecule has 4 nitrogen and oxygen atoms in total. The number of hydrogen-bond donors (Lipinski definition) is 0. The van der Waals surface area contributed by atoms with Crippen LogP contribution in [0.2, 0.25) is 0 Å². The molecule has 0 atom stereocenters. The highest BCUT2D eigenvalue weighted by Crippen LogP contribution is 2.42. The van der Waals surface area contributed by atoms with Crippen molar-refractivity contribution in [3.63, 3.8) is 0 Å². The first-order chi connectivity index (χ1) is 9.75. The number of aromatic nitrogens is 2. The van der Waals surface area contributed by atoms with Crippen molar-refractivity contribution >= 4 is 6.08 Å². The van der Waals surface area contributed by atoms with E-state index in [2.05, 4.69) is 10.1 Å². The fourth-order valence-electron chi connectivity index (χ4n) is 2.91. The van der Waals surface area contributed by atoms with Gasteiger partial charge in [-0.2, -0.15) is 10.1 Å². The Bertz CT molecular complexity index is 654. The average Bonchev–Trinajstić information content (AvgIpc) is 3.10. The van der Waals surface area contributed by atoms with Gasteiger partial charge in [0, 0.05) is 12.4 Å². The minimum absolute atomic E-state index is 0.362. The van der Waals surface area contributed by atoms with Crippen LogP contribution >= 0.6 is 0 Å². The number of nitrogens with zero attached hydrogens (tertiary/aromatic N) is 3. The van der Waals surface area contributed by atoms with Crippen LogP contribution in [0.25, 0.3) is 5.69 Å². The Morgan fingerprint density at radius 3 is 2.75 bits per heavy atom. The van der Waals surface area contributed by atoms with Crippen molar-refractivity contribution in [3.8, 4) is 5.69 Å². The summed E-state index contributed by atoms with van der Waals surface area (Å²) in [6.45, 7) is 0. The van der Waals surface area contributed by atoms with Gasteiger partial charge >= 0.3 is 0 Å². The number of isocyanates is 1. The summed E-state index contributed by atoms with van der Waals surface area (Å²) in [4.78, 5) is 14.6. The minimum atomic E-state index is -0.592. The lowest BCUT2D eigenvalue weighted by molar-refractivity contribution is 0.452. The third kappa shape index (κ3) is 2.06. The van der Waals surface area contributed by atoms with Gasteiger partial charge in [0.2, 0.25) is 6.08 Å². The van der Waals surface area contributed by atoms with E-state index in [0.717, 1.165) is 31.2 Å². The lowest BCUT2D eigenvalue weighted by Crippen LogP contribution is -2.19. The Balaban J connectivity index is 2.04. The van der Waals surface area contributed by atoms with Crippen LogP contribution in [0.15, 0.2) is 41.7 Å². The van der Waals surface area contributed by atoms with Crippen molar-refractivity contribution in [1.82, 2.24) is 9.78 Å². The van der Waals surface area contributed by atoms with E-state index in [9.17, 15) is 9.18 Å². The number of rotatable bonds is 3. The van der Waals surface area contributed by atoms with Crippen LogP contribution in [0.1, 0.15) is 31.2 Å². The molecule has 2 aromatic rings. The van der Waals surface area contributed by atoms with E-state index >= 15 is 0 Å². The van der Waals surface area contributed by atoms with Crippen LogP contribution in [0.5, 0.6) is 0 Å². The van der Waals surface area contributed by atoms with Crippen molar-refractivity contribution in [2.75, 3.05) is 0 Å². The van der Waals surface area contributed by atoms with Gasteiger partial charge in [-0.05, 0) is 36.6 Å². The van der Waals surface area contributed by atoms with Crippen molar-refractivity contribution in [3.05, 3.63) is 48.0 Å². The lowest BCUT2D eigenvalue weighted by atomic mass is 9.89. The van der Waals surface area contributed by atoms with Crippen molar-refractivity contribution in [2.45, 2.75) is 31.2 Å². The largest absolute Gasteiger partial charge is 0.238 e. The van der Waals surface area contributed by atoms with E-state index in [-0.39, 0.29) is 5.82 Å². The summed E-state index contributed by atoms with van der Waals surface area (Å²) in [6.07, 6.45) is 8.45. The van der Waals surface area contributed by atoms with Crippen molar-refractivity contribution in [2.24, 2.45) is 4.99 Å². The molecule has 1 aromatic heterocycles. The van der Waals surface area contributed by atoms with E-state index in [4.69, 9.17) is 0 Å². The molecular formula is C15H14FN3O. The predicted molar refractivity (Wildman–Crippen MR) is 71.8 cm³/mol. The predicted octanol–water partition coefficient (Wildman–Crippen LogP) is 3.12. The number of carbonyl (C=O) groups excluding carboxylic acids is 1. The SMILES string of the molecule is O=C=NC1(c2ccc(-n3cccn3)c(F)c2)CCCC1. The fourth-order valence-corrected chi connectivity index (χ4v) is 2.91. The summed E-state index contributed by atoms with van der Waals surface area (Å²) in [6, 6.07) is 6.70. The molecule has 20 heavy (non-hydrogen) atoms. The first kappa shape index (κ1) is 12.8. The fraction of sp³-hybridized carbons (Fsp3) is 0.333. The van der Waals surface area contributed by atoms with E-state index in [1.807, 2.05) is 6.07 Å². The maximum Gasteiger partial charge on any atom is 0.235 e. The van der Waals surface area contributed by atoms with Gasteiger partial charge in [0.1, 0.15) is 11.5 Å². The van der Waals surface area contributed by atoms with Gasteiger partial charge in [-0.15, -0.1) is 0 Å². The average molecular weight is 271 g/mol. The Morgan fingerprint density at radius 1 is 1.35 bits per heavy atom. The number of halogens is 1. The molecule has 1 aliphatic rings. The standard InChI is InChI=1S/C15H14FN3O/c16-13-10-12(15(17-11-20)6-1-2-7-15)4-5-14(13)19-9-3-8-18-19/h3-5,8-10H,1-2,6-7H2. The maximum atomic E-state index is 14.3. The molecule has 0 aliphatic heterocycles. The van der Waals surface area contributed by atoms with Crippen LogP contribution in [0.4, 0.5) is 4.39 Å². The summed E-state index contributed by atoms with van der Waals surface area (Å²) in [5.74, 6) is -0.362. The summed E-state index contributed by atoms with van der Waals surface area (Å²) in [5.41, 5.74) is 0.541. The Kier molecular flexibility index (Phi) is 3.20. The van der Waals surface area contributed by atoms with Gasteiger partial charge in [0.15, 0.2) is 0 Å². The summed E-state index contributed by atoms with van der Waals surface area (Å²) < 4.78 is 15.8. The number of hydrogen-bond acceptors (Lipinski definition) is 3. The lowest BCUT2D eigenvalue weighted by Gasteiger charge is -2.23. The van der Waals surface area contributed by atoms with Crippen LogP contribution in [-0.4, -0.2) is 15.9 Å². The first-order valence-corrected chi connectivity index (χ1v) is 6.64. The molecule has 0 unspecified atom stereocenters. The molecule has 1 saturated carbocycles. The molecule has 0 saturated heterocycles. The minimum Gasteiger partial charge on any atom is -0.238 e. The molecule has 0 spiro atoms. The summed E-state index contributed by atoms with van der Waals surface area (Å²) in [5, 5.41) is 4.02. The highest BCUT2D eigenvalue weighted by molar-refractivity contribution is 5.42. The van der Waals surface area contributed by atoms with Gasteiger partial charge < -0.3 is 0 Å². The maximum absolute atomic E-state index is 14.3. The molecule has 0 amide bonds. The monoisotopic (exact) mass is 271 g/mol. The van der Waals surface area contributed by atoms with Crippen LogP contribution in [-0.2, 0) is 10.3 Å². The van der Waals surface area contributed by atoms with Gasteiger partial charge in [0.25, 0.3) is 0 Å². The number of benzene rings is 1. The third-order valence-corrected chi connectivity index (χ3v) is 3.93. The molecule has 1 heterocycles. The van der Waals surface area contributed by atoms with E-state index in [1.54, 1.807) is 30.6 Å². The topological polar surface area (TPSA) is 47.2 Å². The van der Waals surface area contributed by atoms with Crippen LogP contribution in [0.3, 0.4) is 0 Å². The van der Waals surface area contributed by atoms with Gasteiger partial charge in [0.05, 0.1) is 5.54 Å². The van der Waals surface area contributed by atoms with E-state index in [1.165, 1.54) is 10.7 Å². The second kappa shape index (κ2) is 5.02. The van der Waals surface area contributed by atoms with Gasteiger partial charge in [-0.3, -0.25) is 0 Å². The smallest absolute Gasteiger partial charge is 0.235 e. The zero-order valence-corrected chi connectivity index (χ0v) is 10.9. The van der Waals surface area contributed by atoms with Gasteiger partial charge in [-0.1, -0.05) is 18.9 Å².